The zero-order valence-electron chi connectivity index (χ0n) is 14.6. The van der Waals surface area contributed by atoms with E-state index in [4.69, 9.17) is 14.6 Å². The maximum absolute atomic E-state index is 13.3. The van der Waals surface area contributed by atoms with Crippen LogP contribution in [0.1, 0.15) is 17.5 Å². The van der Waals surface area contributed by atoms with Crippen LogP contribution in [0, 0.1) is 5.82 Å². The summed E-state index contributed by atoms with van der Waals surface area (Å²) < 4.78 is 24.9. The molecule has 0 aliphatic heterocycles. The first-order chi connectivity index (χ1) is 13.1. The van der Waals surface area contributed by atoms with Gasteiger partial charge < -0.3 is 14.6 Å². The van der Waals surface area contributed by atoms with Gasteiger partial charge in [-0.25, -0.2) is 4.39 Å². The Kier molecular flexibility index (Phi) is 6.05. The molecule has 138 valence electrons. The van der Waals surface area contributed by atoms with E-state index in [0.717, 1.165) is 11.1 Å². The molecule has 27 heavy (non-hydrogen) atoms. The molecule has 0 spiro atoms. The lowest BCUT2D eigenvalue weighted by molar-refractivity contribution is -0.136. The number of carbonyl (C=O) groups is 1. The normalized spacial score (nSPS) is 10.4. The van der Waals surface area contributed by atoms with Crippen molar-refractivity contribution in [1.29, 1.82) is 0 Å². The van der Waals surface area contributed by atoms with Gasteiger partial charge in [0.05, 0.1) is 0 Å². The highest BCUT2D eigenvalue weighted by Crippen LogP contribution is 2.27. The number of aryl methyl sites for hydroxylation is 1. The molecule has 0 radical (unpaired) electrons. The first kappa shape index (κ1) is 18.5. The first-order valence-electron chi connectivity index (χ1n) is 8.55. The van der Waals surface area contributed by atoms with Crippen molar-refractivity contribution < 1.29 is 23.8 Å². The molecular formula is C22H19FO4. The van der Waals surface area contributed by atoms with E-state index in [9.17, 15) is 9.18 Å². The Labute approximate surface area is 156 Å². The van der Waals surface area contributed by atoms with Crippen molar-refractivity contribution in [2.75, 3.05) is 0 Å². The SMILES string of the molecule is O=C(O)CCc1ccc(OCc2ccccc2Oc2cccc(F)c2)cc1. The third-order valence-corrected chi connectivity index (χ3v) is 3.94. The number of ether oxygens (including phenoxy) is 2. The van der Waals surface area contributed by atoms with E-state index in [1.807, 2.05) is 42.5 Å². The van der Waals surface area contributed by atoms with Gasteiger partial charge in [-0.3, -0.25) is 4.79 Å². The van der Waals surface area contributed by atoms with Crippen molar-refractivity contribution in [2.45, 2.75) is 19.4 Å². The third kappa shape index (κ3) is 5.57. The Morgan fingerprint density at radius 3 is 2.44 bits per heavy atom. The van der Waals surface area contributed by atoms with E-state index in [1.54, 1.807) is 18.2 Å². The molecule has 0 atom stereocenters. The highest BCUT2D eigenvalue weighted by molar-refractivity contribution is 5.67. The van der Waals surface area contributed by atoms with Crippen molar-refractivity contribution in [2.24, 2.45) is 0 Å². The molecule has 3 aromatic rings. The number of para-hydroxylation sites is 1. The second-order valence-corrected chi connectivity index (χ2v) is 5.99. The number of hydrogen-bond acceptors (Lipinski definition) is 3. The highest BCUT2D eigenvalue weighted by atomic mass is 19.1. The van der Waals surface area contributed by atoms with Gasteiger partial charge >= 0.3 is 5.97 Å². The minimum Gasteiger partial charge on any atom is -0.489 e. The van der Waals surface area contributed by atoms with Gasteiger partial charge in [0.2, 0.25) is 0 Å². The molecule has 3 rings (SSSR count). The van der Waals surface area contributed by atoms with Gasteiger partial charge in [0.25, 0.3) is 0 Å². The standard InChI is InChI=1S/C22H19FO4/c23-18-5-3-6-20(14-18)27-21-7-2-1-4-17(21)15-26-19-11-8-16(9-12-19)10-13-22(24)25/h1-9,11-12,14H,10,13,15H2,(H,24,25). The number of rotatable bonds is 8. The summed E-state index contributed by atoms with van der Waals surface area (Å²) in [7, 11) is 0. The molecule has 0 aliphatic carbocycles. The van der Waals surface area contributed by atoms with Crippen LogP contribution >= 0.6 is 0 Å². The van der Waals surface area contributed by atoms with Gasteiger partial charge in [-0.2, -0.15) is 0 Å². The molecule has 0 bridgehead atoms. The van der Waals surface area contributed by atoms with Gasteiger partial charge in [-0.05, 0) is 42.3 Å². The molecular weight excluding hydrogens is 347 g/mol. The Morgan fingerprint density at radius 1 is 0.926 bits per heavy atom. The zero-order chi connectivity index (χ0) is 19.1. The summed E-state index contributed by atoms with van der Waals surface area (Å²) in [4.78, 5) is 10.6. The van der Waals surface area contributed by atoms with Crippen LogP contribution in [0.2, 0.25) is 0 Å². The maximum atomic E-state index is 13.3. The summed E-state index contributed by atoms with van der Waals surface area (Å²) >= 11 is 0. The summed E-state index contributed by atoms with van der Waals surface area (Å²) in [6, 6.07) is 20.7. The summed E-state index contributed by atoms with van der Waals surface area (Å²) in [5.74, 6) is 0.524. The van der Waals surface area contributed by atoms with Crippen molar-refractivity contribution in [3.05, 3.63) is 89.7 Å². The number of carboxylic acids is 1. The maximum Gasteiger partial charge on any atom is 0.303 e. The second-order valence-electron chi connectivity index (χ2n) is 5.99. The molecule has 3 aromatic carbocycles. The van der Waals surface area contributed by atoms with Crippen LogP contribution in [0.4, 0.5) is 4.39 Å². The number of hydrogen-bond donors (Lipinski definition) is 1. The minimum absolute atomic E-state index is 0.102. The van der Waals surface area contributed by atoms with Crippen LogP contribution in [-0.2, 0) is 17.8 Å². The molecule has 0 saturated heterocycles. The Hall–Kier alpha value is -3.34. The van der Waals surface area contributed by atoms with Crippen molar-refractivity contribution in [3.63, 3.8) is 0 Å². The fraction of sp³-hybridized carbons (Fsp3) is 0.136. The number of aliphatic carboxylic acids is 1. The van der Waals surface area contributed by atoms with E-state index in [1.165, 1.54) is 12.1 Å². The lowest BCUT2D eigenvalue weighted by atomic mass is 10.1. The van der Waals surface area contributed by atoms with E-state index in [2.05, 4.69) is 0 Å². The Balaban J connectivity index is 1.63. The highest BCUT2D eigenvalue weighted by Gasteiger charge is 2.07. The van der Waals surface area contributed by atoms with Crippen LogP contribution < -0.4 is 9.47 Å². The third-order valence-electron chi connectivity index (χ3n) is 3.94. The molecule has 0 aliphatic rings. The largest absolute Gasteiger partial charge is 0.489 e. The molecule has 5 heteroatoms. The van der Waals surface area contributed by atoms with Crippen molar-refractivity contribution in [3.8, 4) is 17.2 Å². The van der Waals surface area contributed by atoms with Crippen LogP contribution in [0.25, 0.3) is 0 Å². The summed E-state index contributed by atoms with van der Waals surface area (Å²) in [5.41, 5.74) is 1.77. The lowest BCUT2D eigenvalue weighted by Crippen LogP contribution is -1.99. The van der Waals surface area contributed by atoms with Gasteiger partial charge in [0.1, 0.15) is 29.7 Å². The fourth-order valence-corrected chi connectivity index (χ4v) is 2.54. The molecule has 1 N–H and O–H groups in total. The van der Waals surface area contributed by atoms with Crippen LogP contribution in [0.3, 0.4) is 0 Å². The second kappa shape index (κ2) is 8.85. The van der Waals surface area contributed by atoms with E-state index < -0.39 is 5.97 Å². The summed E-state index contributed by atoms with van der Waals surface area (Å²) in [5, 5.41) is 8.73. The summed E-state index contributed by atoms with van der Waals surface area (Å²) in [6.45, 7) is 0.292. The number of benzene rings is 3. The van der Waals surface area contributed by atoms with Crippen molar-refractivity contribution in [1.82, 2.24) is 0 Å². The minimum atomic E-state index is -0.815. The average molecular weight is 366 g/mol. The predicted octanol–water partition coefficient (Wildman–Crippen LogP) is 5.21. The molecule has 0 amide bonds. The Bertz CT molecular complexity index is 906. The van der Waals surface area contributed by atoms with E-state index in [0.29, 0.717) is 30.3 Å². The monoisotopic (exact) mass is 366 g/mol. The van der Waals surface area contributed by atoms with E-state index >= 15 is 0 Å². The van der Waals surface area contributed by atoms with Gasteiger partial charge in [0, 0.05) is 18.1 Å². The topological polar surface area (TPSA) is 55.8 Å². The van der Waals surface area contributed by atoms with Crippen LogP contribution in [-0.4, -0.2) is 11.1 Å². The van der Waals surface area contributed by atoms with Gasteiger partial charge in [-0.1, -0.05) is 36.4 Å². The zero-order valence-corrected chi connectivity index (χ0v) is 14.6. The first-order valence-corrected chi connectivity index (χ1v) is 8.55. The molecule has 0 saturated carbocycles. The van der Waals surface area contributed by atoms with Crippen LogP contribution in [0.5, 0.6) is 17.2 Å². The molecule has 0 heterocycles. The molecule has 4 nitrogen and oxygen atoms in total. The number of halogens is 1. The van der Waals surface area contributed by atoms with Gasteiger partial charge in [0.15, 0.2) is 0 Å². The van der Waals surface area contributed by atoms with E-state index in [-0.39, 0.29) is 12.2 Å². The lowest BCUT2D eigenvalue weighted by Gasteiger charge is -2.12. The molecule has 0 aromatic heterocycles. The average Bonchev–Trinajstić information content (AvgIpc) is 2.66. The smallest absolute Gasteiger partial charge is 0.303 e. The van der Waals surface area contributed by atoms with Crippen molar-refractivity contribution >= 4 is 5.97 Å². The quantitative estimate of drug-likeness (QED) is 0.594. The fourth-order valence-electron chi connectivity index (χ4n) is 2.54. The summed E-state index contributed by atoms with van der Waals surface area (Å²) in [6.07, 6.45) is 0.588. The predicted molar refractivity (Wildman–Crippen MR) is 99.6 cm³/mol. The van der Waals surface area contributed by atoms with Crippen LogP contribution in [0.15, 0.2) is 72.8 Å². The number of carboxylic acid groups (broad SMARTS) is 1. The molecule has 0 unspecified atom stereocenters. The Morgan fingerprint density at radius 2 is 1.70 bits per heavy atom. The van der Waals surface area contributed by atoms with Gasteiger partial charge in [-0.15, -0.1) is 0 Å². The molecule has 0 fully saturated rings.